The van der Waals surface area contributed by atoms with Gasteiger partial charge in [0.2, 0.25) is 0 Å². The molecule has 0 spiro atoms. The molecule has 0 unspecified atom stereocenters. The zero-order valence-electron chi connectivity index (χ0n) is 6.92. The van der Waals surface area contributed by atoms with Crippen LogP contribution in [0.4, 0.5) is 0 Å². The van der Waals surface area contributed by atoms with Gasteiger partial charge in [-0.1, -0.05) is 23.4 Å². The predicted molar refractivity (Wildman–Crippen MR) is 49.8 cm³/mol. The molecule has 0 fully saturated rings. The van der Waals surface area contributed by atoms with E-state index in [0.717, 1.165) is 5.19 Å². The molecule has 0 atom stereocenters. The van der Waals surface area contributed by atoms with Crippen LogP contribution in [0.3, 0.4) is 0 Å². The van der Waals surface area contributed by atoms with Gasteiger partial charge in [0.15, 0.2) is 0 Å². The number of nitrogens with one attached hydrogen (secondary N) is 1. The molecule has 0 saturated heterocycles. The standard InChI is InChI=1S/C9H10NOSi/c1-2-10-9(11)7-4-3-5-8(12)6-7/h3-6H,2H2,1H3,(H,10,11). The lowest BCUT2D eigenvalue weighted by atomic mass is 10.2. The van der Waals surface area contributed by atoms with E-state index >= 15 is 0 Å². The molecule has 61 valence electrons. The van der Waals surface area contributed by atoms with Gasteiger partial charge in [0.05, 0.1) is 10.2 Å². The first-order chi connectivity index (χ1) is 5.74. The first-order valence-corrected chi connectivity index (χ1v) is 4.34. The molecule has 3 heteroatoms. The van der Waals surface area contributed by atoms with E-state index in [1.165, 1.54) is 0 Å². The topological polar surface area (TPSA) is 29.1 Å². The van der Waals surface area contributed by atoms with Crippen molar-refractivity contribution in [2.75, 3.05) is 6.54 Å². The Morgan fingerprint density at radius 3 is 2.92 bits per heavy atom. The van der Waals surface area contributed by atoms with E-state index in [1.54, 1.807) is 12.1 Å². The molecule has 2 nitrogen and oxygen atoms in total. The minimum Gasteiger partial charge on any atom is -0.352 e. The van der Waals surface area contributed by atoms with Crippen LogP contribution < -0.4 is 10.5 Å². The first kappa shape index (κ1) is 9.00. The second-order valence-electron chi connectivity index (χ2n) is 2.44. The molecule has 1 rings (SSSR count). The highest BCUT2D eigenvalue weighted by Crippen LogP contribution is 1.94. The third-order valence-electron chi connectivity index (χ3n) is 1.46. The molecule has 0 aliphatic rings. The molecule has 0 saturated carbocycles. The van der Waals surface area contributed by atoms with Crippen LogP contribution in [0.5, 0.6) is 0 Å². The highest BCUT2D eigenvalue weighted by molar-refractivity contribution is 6.32. The second-order valence-corrected chi connectivity index (χ2v) is 3.02. The van der Waals surface area contributed by atoms with E-state index in [0.29, 0.717) is 12.1 Å². The fourth-order valence-corrected chi connectivity index (χ4v) is 1.17. The molecule has 0 bridgehead atoms. The molecule has 3 radical (unpaired) electrons. The Balaban J connectivity index is 2.81. The maximum atomic E-state index is 11.3. The van der Waals surface area contributed by atoms with Gasteiger partial charge >= 0.3 is 0 Å². The van der Waals surface area contributed by atoms with Gasteiger partial charge in [-0.15, -0.1) is 0 Å². The summed E-state index contributed by atoms with van der Waals surface area (Å²) in [5.74, 6) is -0.0300. The molecule has 1 aromatic rings. The Labute approximate surface area is 75.4 Å². The SMILES string of the molecule is CCNC(=O)c1cccc([Si])c1. The van der Waals surface area contributed by atoms with Gasteiger partial charge in [-0.2, -0.15) is 0 Å². The van der Waals surface area contributed by atoms with Crippen LogP contribution in [0.15, 0.2) is 24.3 Å². The predicted octanol–water partition coefficient (Wildman–Crippen LogP) is 0.230. The summed E-state index contributed by atoms with van der Waals surface area (Å²) >= 11 is 0. The van der Waals surface area contributed by atoms with Gasteiger partial charge in [0.1, 0.15) is 0 Å². The lowest BCUT2D eigenvalue weighted by molar-refractivity contribution is 0.0956. The quantitative estimate of drug-likeness (QED) is 0.642. The number of carbonyl (C=O) groups is 1. The fraction of sp³-hybridized carbons (Fsp3) is 0.222. The molecule has 12 heavy (non-hydrogen) atoms. The molecule has 0 aliphatic heterocycles. The maximum absolute atomic E-state index is 11.3. The zero-order chi connectivity index (χ0) is 8.97. The second kappa shape index (κ2) is 4.06. The van der Waals surface area contributed by atoms with Crippen molar-refractivity contribution in [1.29, 1.82) is 0 Å². The Morgan fingerprint density at radius 1 is 1.58 bits per heavy atom. The van der Waals surface area contributed by atoms with E-state index < -0.39 is 0 Å². The van der Waals surface area contributed by atoms with E-state index in [1.807, 2.05) is 19.1 Å². The fourth-order valence-electron chi connectivity index (χ4n) is 0.923. The summed E-state index contributed by atoms with van der Waals surface area (Å²) in [5.41, 5.74) is 0.685. The van der Waals surface area contributed by atoms with Crippen molar-refractivity contribution in [1.82, 2.24) is 5.32 Å². The van der Waals surface area contributed by atoms with Gasteiger partial charge < -0.3 is 5.32 Å². The molecule has 0 aliphatic carbocycles. The van der Waals surface area contributed by atoms with Crippen molar-refractivity contribution >= 4 is 21.3 Å². The first-order valence-electron chi connectivity index (χ1n) is 3.84. The van der Waals surface area contributed by atoms with Crippen molar-refractivity contribution in [2.45, 2.75) is 6.92 Å². The third-order valence-corrected chi connectivity index (χ3v) is 1.77. The van der Waals surface area contributed by atoms with Crippen LogP contribution in [-0.2, 0) is 0 Å². The summed E-state index contributed by atoms with van der Waals surface area (Å²) in [5, 5.41) is 3.64. The average molecular weight is 176 g/mol. The summed E-state index contributed by atoms with van der Waals surface area (Å²) in [6.45, 7) is 2.56. The Kier molecular flexibility index (Phi) is 3.05. The van der Waals surface area contributed by atoms with Crippen LogP contribution in [0.25, 0.3) is 0 Å². The summed E-state index contributed by atoms with van der Waals surface area (Å²) < 4.78 is 0. The molecular weight excluding hydrogens is 166 g/mol. The van der Waals surface area contributed by atoms with Crippen molar-refractivity contribution in [3.63, 3.8) is 0 Å². The smallest absolute Gasteiger partial charge is 0.251 e. The van der Waals surface area contributed by atoms with Crippen molar-refractivity contribution in [3.05, 3.63) is 29.8 Å². The molecule has 0 heterocycles. The minimum atomic E-state index is -0.0300. The normalized spacial score (nSPS) is 9.50. The van der Waals surface area contributed by atoms with Gasteiger partial charge in [-0.05, 0) is 13.0 Å². The molecule has 1 N–H and O–H groups in total. The van der Waals surface area contributed by atoms with Gasteiger partial charge in [-0.25, -0.2) is 0 Å². The van der Waals surface area contributed by atoms with Crippen LogP contribution in [0, 0.1) is 0 Å². The van der Waals surface area contributed by atoms with Gasteiger partial charge in [0.25, 0.3) is 5.91 Å². The minimum absolute atomic E-state index is 0.0300. The maximum Gasteiger partial charge on any atom is 0.251 e. The monoisotopic (exact) mass is 176 g/mol. The molecule has 1 amide bonds. The highest BCUT2D eigenvalue weighted by atomic mass is 28.1. The highest BCUT2D eigenvalue weighted by Gasteiger charge is 2.01. The third kappa shape index (κ3) is 2.20. The average Bonchev–Trinajstić information content (AvgIpc) is 2.05. The Bertz CT molecular complexity index is 286. The number of hydrogen-bond acceptors (Lipinski definition) is 1. The largest absolute Gasteiger partial charge is 0.352 e. The lowest BCUT2D eigenvalue weighted by Crippen LogP contribution is -2.23. The number of hydrogen-bond donors (Lipinski definition) is 1. The van der Waals surface area contributed by atoms with E-state index in [4.69, 9.17) is 0 Å². The van der Waals surface area contributed by atoms with Crippen molar-refractivity contribution in [3.8, 4) is 0 Å². The van der Waals surface area contributed by atoms with E-state index in [9.17, 15) is 4.79 Å². The summed E-state index contributed by atoms with van der Waals surface area (Å²) in [4.78, 5) is 11.3. The van der Waals surface area contributed by atoms with Crippen LogP contribution in [0.1, 0.15) is 17.3 Å². The van der Waals surface area contributed by atoms with Crippen LogP contribution in [0.2, 0.25) is 0 Å². The van der Waals surface area contributed by atoms with Gasteiger partial charge in [-0.3, -0.25) is 4.79 Å². The summed E-state index contributed by atoms with van der Waals surface area (Å²) in [7, 11) is 3.35. The van der Waals surface area contributed by atoms with E-state index in [2.05, 4.69) is 15.6 Å². The van der Waals surface area contributed by atoms with Crippen LogP contribution >= 0.6 is 0 Å². The van der Waals surface area contributed by atoms with Crippen molar-refractivity contribution in [2.24, 2.45) is 0 Å². The Morgan fingerprint density at radius 2 is 2.33 bits per heavy atom. The molecule has 1 aromatic carbocycles. The van der Waals surface area contributed by atoms with Gasteiger partial charge in [0, 0.05) is 12.1 Å². The number of rotatable bonds is 2. The number of amides is 1. The summed E-state index contributed by atoms with van der Waals surface area (Å²) in [6, 6.07) is 7.31. The lowest BCUT2D eigenvalue weighted by Gasteiger charge is -2.01. The molecular formula is C9H10NOSi. The van der Waals surface area contributed by atoms with Crippen molar-refractivity contribution < 1.29 is 4.79 Å². The Hall–Kier alpha value is -1.09. The summed E-state index contributed by atoms with van der Waals surface area (Å²) in [6.07, 6.45) is 0. The molecule has 0 aromatic heterocycles. The van der Waals surface area contributed by atoms with Crippen LogP contribution in [-0.4, -0.2) is 22.7 Å². The number of benzene rings is 1. The number of carbonyl (C=O) groups excluding carboxylic acids is 1. The van der Waals surface area contributed by atoms with E-state index in [-0.39, 0.29) is 5.91 Å². The zero-order valence-corrected chi connectivity index (χ0v) is 7.92.